The van der Waals surface area contributed by atoms with Gasteiger partial charge in [-0.25, -0.2) is 5.43 Å². The van der Waals surface area contributed by atoms with E-state index in [2.05, 4.69) is 15.5 Å². The fourth-order valence-electron chi connectivity index (χ4n) is 1.97. The maximum Gasteiger partial charge on any atom is 0.573 e. The van der Waals surface area contributed by atoms with Gasteiger partial charge in [-0.3, -0.25) is 20.2 Å². The molecule has 0 aliphatic carbocycles. The lowest BCUT2D eigenvalue weighted by atomic mass is 10.2. The first-order valence-electron chi connectivity index (χ1n) is 7.41. The van der Waals surface area contributed by atoms with E-state index in [-0.39, 0.29) is 17.6 Å². The first-order valence-corrected chi connectivity index (χ1v) is 7.41. The predicted molar refractivity (Wildman–Crippen MR) is 82.3 cm³/mol. The summed E-state index contributed by atoms with van der Waals surface area (Å²) in [5.74, 6) is -2.44. The highest BCUT2D eigenvalue weighted by molar-refractivity contribution is 6.04. The van der Waals surface area contributed by atoms with E-state index >= 15 is 0 Å². The van der Waals surface area contributed by atoms with Crippen LogP contribution in [0.5, 0.6) is 11.5 Å². The first kappa shape index (κ1) is 20.1. The first-order chi connectivity index (χ1) is 12.6. The summed E-state index contributed by atoms with van der Waals surface area (Å²) in [5, 5.41) is 11.8. The van der Waals surface area contributed by atoms with Crippen molar-refractivity contribution in [3.8, 4) is 11.5 Å². The van der Waals surface area contributed by atoms with Crippen LogP contribution < -0.4 is 31.4 Å². The zero-order valence-electron chi connectivity index (χ0n) is 13.8. The van der Waals surface area contributed by atoms with Crippen molar-refractivity contribution in [1.29, 1.82) is 0 Å². The van der Waals surface area contributed by atoms with Crippen molar-refractivity contribution >= 4 is 11.8 Å². The number of hydrogen-bond donors (Lipinski definition) is 5. The molecule has 10 nitrogen and oxygen atoms in total. The molecule has 1 atom stereocenters. The van der Waals surface area contributed by atoms with Crippen LogP contribution in [0.1, 0.15) is 6.92 Å². The third-order valence-electron chi connectivity index (χ3n) is 3.11. The monoisotopic (exact) mass is 391 g/mol. The van der Waals surface area contributed by atoms with E-state index in [1.165, 1.54) is 25.1 Å². The van der Waals surface area contributed by atoms with Crippen LogP contribution in [0, 0.1) is 0 Å². The number of benzene rings is 1. The average Bonchev–Trinajstić information content (AvgIpc) is 2.55. The van der Waals surface area contributed by atoms with Crippen LogP contribution in [-0.2, 0) is 9.59 Å². The van der Waals surface area contributed by atoms with Crippen LogP contribution in [0.2, 0.25) is 0 Å². The lowest BCUT2D eigenvalue weighted by Gasteiger charge is -2.26. The number of hydrazine groups is 2. The van der Waals surface area contributed by atoms with E-state index in [4.69, 9.17) is 10.5 Å². The Kier molecular flexibility index (Phi) is 5.97. The average molecular weight is 391 g/mol. The lowest BCUT2D eigenvalue weighted by molar-refractivity contribution is -0.275. The van der Waals surface area contributed by atoms with Gasteiger partial charge in [-0.15, -0.1) is 13.2 Å². The van der Waals surface area contributed by atoms with E-state index < -0.39 is 41.4 Å². The van der Waals surface area contributed by atoms with Crippen LogP contribution >= 0.6 is 0 Å². The van der Waals surface area contributed by atoms with E-state index in [1.807, 2.05) is 5.43 Å². The largest absolute Gasteiger partial charge is 0.573 e. The topological polar surface area (TPSA) is 138 Å². The molecule has 27 heavy (non-hydrogen) atoms. The van der Waals surface area contributed by atoms with Crippen LogP contribution in [0.25, 0.3) is 0 Å². The number of amides is 2. The maximum absolute atomic E-state index is 12.4. The predicted octanol–water partition coefficient (Wildman–Crippen LogP) is -0.120. The minimum atomic E-state index is -4.88. The molecule has 0 spiro atoms. The van der Waals surface area contributed by atoms with Crippen LogP contribution in [-0.4, -0.2) is 41.3 Å². The van der Waals surface area contributed by atoms with Crippen LogP contribution in [0.15, 0.2) is 35.7 Å². The highest BCUT2D eigenvalue weighted by Crippen LogP contribution is 2.31. The molecule has 6 N–H and O–H groups in total. The Morgan fingerprint density at radius 3 is 2.59 bits per heavy atom. The fraction of sp³-hybridized carbons (Fsp3) is 0.286. The van der Waals surface area contributed by atoms with Crippen molar-refractivity contribution in [2.24, 2.45) is 5.73 Å². The Morgan fingerprint density at radius 1 is 1.33 bits per heavy atom. The van der Waals surface area contributed by atoms with Gasteiger partial charge in [0.15, 0.2) is 11.5 Å². The van der Waals surface area contributed by atoms with Gasteiger partial charge in [0.2, 0.25) is 0 Å². The standard InChI is InChI=1S/C14H16F3N5O5/c1-7(19-13(24)11-10(18)12(23)21-22(25)20-11)6-26-8-4-2-3-5-9(8)27-14(15,16)17/h2-5,7,20,25H,6,18H2,1H3,(H,19,24)(H,21,23)/t7-/m1/s1. The Balaban J connectivity index is 1.97. The molecule has 2 amide bonds. The molecule has 0 saturated heterocycles. The number of rotatable bonds is 6. The highest BCUT2D eigenvalue weighted by Gasteiger charge is 2.32. The minimum Gasteiger partial charge on any atom is -0.488 e. The lowest BCUT2D eigenvalue weighted by Crippen LogP contribution is -2.57. The van der Waals surface area contributed by atoms with Gasteiger partial charge in [-0.2, -0.15) is 0 Å². The molecule has 1 aromatic rings. The number of nitrogens with two attached hydrogens (primary N) is 1. The molecule has 1 aliphatic heterocycles. The van der Waals surface area contributed by atoms with Crippen molar-refractivity contribution < 1.29 is 37.4 Å². The highest BCUT2D eigenvalue weighted by atomic mass is 19.4. The summed E-state index contributed by atoms with van der Waals surface area (Å²) in [6.45, 7) is 1.29. The summed E-state index contributed by atoms with van der Waals surface area (Å²) in [5.41, 5.74) is 8.59. The summed E-state index contributed by atoms with van der Waals surface area (Å²) >= 11 is 0. The third-order valence-corrected chi connectivity index (χ3v) is 3.11. The van der Waals surface area contributed by atoms with Crippen LogP contribution in [0.3, 0.4) is 0 Å². The zero-order valence-corrected chi connectivity index (χ0v) is 13.8. The number of nitrogens with one attached hydrogen (secondary N) is 3. The molecule has 0 aromatic heterocycles. The molecule has 1 aromatic carbocycles. The molecule has 1 heterocycles. The summed E-state index contributed by atoms with van der Waals surface area (Å²) in [6, 6.07) is 4.45. The Labute approximate surface area is 150 Å². The number of para-hydroxylation sites is 2. The summed E-state index contributed by atoms with van der Waals surface area (Å²) < 4.78 is 46.3. The molecule has 0 unspecified atom stereocenters. The van der Waals surface area contributed by atoms with Gasteiger partial charge in [0, 0.05) is 0 Å². The van der Waals surface area contributed by atoms with Gasteiger partial charge in [0.25, 0.3) is 11.8 Å². The second kappa shape index (κ2) is 8.01. The normalized spacial score (nSPS) is 16.3. The maximum atomic E-state index is 12.4. The quantitative estimate of drug-likeness (QED) is 0.453. The summed E-state index contributed by atoms with van der Waals surface area (Å²) in [6.07, 6.45) is -4.88. The Morgan fingerprint density at radius 2 is 1.96 bits per heavy atom. The van der Waals surface area contributed by atoms with E-state index in [0.717, 1.165) is 6.07 Å². The number of carbonyl (C=O) groups excluding carboxylic acids is 2. The second-order valence-corrected chi connectivity index (χ2v) is 5.33. The third kappa shape index (κ3) is 5.65. The summed E-state index contributed by atoms with van der Waals surface area (Å²) in [4.78, 5) is 23.5. The molecule has 0 fully saturated rings. The number of ether oxygens (including phenoxy) is 2. The molecule has 2 rings (SSSR count). The van der Waals surface area contributed by atoms with Gasteiger partial charge in [0.1, 0.15) is 18.0 Å². The SMILES string of the molecule is C[C@H](COc1ccccc1OC(F)(F)F)NC(=O)C1=C(N)C(=O)NN(O)N1. The molecule has 0 radical (unpaired) electrons. The van der Waals surface area contributed by atoms with Crippen LogP contribution in [0.4, 0.5) is 13.2 Å². The number of alkyl halides is 3. The van der Waals surface area contributed by atoms with Gasteiger partial charge in [-0.05, 0) is 24.3 Å². The molecule has 13 heteroatoms. The zero-order chi connectivity index (χ0) is 20.2. The minimum absolute atomic E-state index is 0.152. The van der Waals surface area contributed by atoms with E-state index in [0.29, 0.717) is 0 Å². The van der Waals surface area contributed by atoms with Gasteiger partial charge < -0.3 is 20.5 Å². The molecule has 148 valence electrons. The number of carbonyl (C=O) groups is 2. The van der Waals surface area contributed by atoms with Gasteiger partial charge >= 0.3 is 6.36 Å². The number of halogens is 3. The van der Waals surface area contributed by atoms with E-state index in [9.17, 15) is 28.0 Å². The van der Waals surface area contributed by atoms with Crippen molar-refractivity contribution in [2.75, 3.05) is 6.61 Å². The van der Waals surface area contributed by atoms with Crippen molar-refractivity contribution in [3.05, 3.63) is 35.7 Å². The molecular weight excluding hydrogens is 375 g/mol. The van der Waals surface area contributed by atoms with Crippen molar-refractivity contribution in [3.63, 3.8) is 0 Å². The molecule has 1 aliphatic rings. The van der Waals surface area contributed by atoms with Crippen molar-refractivity contribution in [1.82, 2.24) is 21.4 Å². The van der Waals surface area contributed by atoms with E-state index in [1.54, 1.807) is 0 Å². The van der Waals surface area contributed by atoms with Gasteiger partial charge in [0.05, 0.1) is 6.04 Å². The van der Waals surface area contributed by atoms with Crippen molar-refractivity contribution in [2.45, 2.75) is 19.3 Å². The summed E-state index contributed by atoms with van der Waals surface area (Å²) in [7, 11) is 0. The smallest absolute Gasteiger partial charge is 0.488 e. The Hall–Kier alpha value is -3.19. The molecule has 0 saturated carbocycles. The second-order valence-electron chi connectivity index (χ2n) is 5.33. The fourth-order valence-corrected chi connectivity index (χ4v) is 1.97. The number of hydrogen-bond acceptors (Lipinski definition) is 8. The van der Waals surface area contributed by atoms with Gasteiger partial charge in [-0.1, -0.05) is 12.1 Å². The molecule has 0 bridgehead atoms. The Bertz CT molecular complexity index is 755. The molecular formula is C14H16F3N5O5. The number of nitrogens with zero attached hydrogens (tertiary/aromatic N) is 1.